The zero-order chi connectivity index (χ0) is 11.6. The summed E-state index contributed by atoms with van der Waals surface area (Å²) in [6, 6.07) is 0.318. The van der Waals surface area contributed by atoms with Crippen molar-refractivity contribution in [3.05, 3.63) is 0 Å². The van der Waals surface area contributed by atoms with Crippen LogP contribution in [0, 0.1) is 5.41 Å². The van der Waals surface area contributed by atoms with Crippen molar-refractivity contribution in [2.75, 3.05) is 12.0 Å². The third-order valence-corrected chi connectivity index (χ3v) is 3.49. The smallest absolute Gasteiger partial charge is 0.148 e. The molecule has 0 heterocycles. The molecule has 0 amide bonds. The Morgan fingerprint density at radius 3 is 1.93 bits per heavy atom. The van der Waals surface area contributed by atoms with Crippen LogP contribution in [0.2, 0.25) is 0 Å². The molecular formula is C10H23NO2S. The van der Waals surface area contributed by atoms with Crippen LogP contribution in [0.15, 0.2) is 0 Å². The van der Waals surface area contributed by atoms with Crippen molar-refractivity contribution in [2.45, 2.75) is 46.7 Å². The van der Waals surface area contributed by atoms with Crippen LogP contribution in [0.3, 0.4) is 0 Å². The van der Waals surface area contributed by atoms with Crippen molar-refractivity contribution in [1.82, 2.24) is 5.32 Å². The van der Waals surface area contributed by atoms with Crippen LogP contribution in [0.5, 0.6) is 0 Å². The Balaban J connectivity index is 4.15. The minimum absolute atomic E-state index is 0.0132. The zero-order valence-corrected chi connectivity index (χ0v) is 10.9. The molecule has 0 spiro atoms. The average molecular weight is 221 g/mol. The van der Waals surface area contributed by atoms with Gasteiger partial charge < -0.3 is 5.32 Å². The summed E-state index contributed by atoms with van der Waals surface area (Å²) in [6.07, 6.45) is 1.27. The van der Waals surface area contributed by atoms with E-state index in [-0.39, 0.29) is 17.2 Å². The summed E-state index contributed by atoms with van der Waals surface area (Å²) in [5, 5.41) is 3.30. The minimum atomic E-state index is -2.88. The van der Waals surface area contributed by atoms with E-state index >= 15 is 0 Å². The highest BCUT2D eigenvalue weighted by Gasteiger charge is 2.22. The van der Waals surface area contributed by atoms with Crippen molar-refractivity contribution < 1.29 is 8.42 Å². The quantitative estimate of drug-likeness (QED) is 0.781. The maximum atomic E-state index is 11.0. The fourth-order valence-corrected chi connectivity index (χ4v) is 2.18. The molecule has 0 aromatic carbocycles. The molecule has 0 bridgehead atoms. The van der Waals surface area contributed by atoms with E-state index in [1.807, 2.05) is 6.92 Å². The van der Waals surface area contributed by atoms with Gasteiger partial charge in [-0.25, -0.2) is 8.42 Å². The Hall–Kier alpha value is -0.0900. The highest BCUT2D eigenvalue weighted by molar-refractivity contribution is 7.90. The molecule has 14 heavy (non-hydrogen) atoms. The lowest BCUT2D eigenvalue weighted by atomic mass is 9.88. The van der Waals surface area contributed by atoms with E-state index in [0.29, 0.717) is 6.04 Å². The Morgan fingerprint density at radius 1 is 1.21 bits per heavy atom. The molecule has 3 nitrogen and oxygen atoms in total. The van der Waals surface area contributed by atoms with Gasteiger partial charge in [0.1, 0.15) is 9.84 Å². The first-order valence-corrected chi connectivity index (χ1v) is 7.02. The molecule has 0 aliphatic heterocycles. The van der Waals surface area contributed by atoms with Gasteiger partial charge in [0.05, 0.1) is 5.75 Å². The molecule has 1 N–H and O–H groups in total. The lowest BCUT2D eigenvalue weighted by Gasteiger charge is -2.30. The fourth-order valence-electron chi connectivity index (χ4n) is 1.18. The number of hydrogen-bond acceptors (Lipinski definition) is 3. The van der Waals surface area contributed by atoms with Crippen LogP contribution in [-0.4, -0.2) is 32.5 Å². The predicted octanol–water partition coefficient (Wildman–Crippen LogP) is 1.44. The molecule has 86 valence electrons. The van der Waals surface area contributed by atoms with Gasteiger partial charge in [0.2, 0.25) is 0 Å². The maximum absolute atomic E-state index is 11.0. The van der Waals surface area contributed by atoms with Crippen molar-refractivity contribution in [3.63, 3.8) is 0 Å². The third kappa shape index (κ3) is 6.38. The normalized spacial score (nSPS) is 17.9. The summed E-state index contributed by atoms with van der Waals surface area (Å²) in [4.78, 5) is 0. The minimum Gasteiger partial charge on any atom is -0.310 e. The van der Waals surface area contributed by atoms with E-state index in [2.05, 4.69) is 33.0 Å². The van der Waals surface area contributed by atoms with E-state index in [0.717, 1.165) is 0 Å². The van der Waals surface area contributed by atoms with E-state index in [1.165, 1.54) is 6.26 Å². The predicted molar refractivity (Wildman–Crippen MR) is 61.2 cm³/mol. The van der Waals surface area contributed by atoms with Crippen LogP contribution >= 0.6 is 0 Å². The van der Waals surface area contributed by atoms with Gasteiger partial charge in [-0.15, -0.1) is 0 Å². The molecule has 2 unspecified atom stereocenters. The lowest BCUT2D eigenvalue weighted by molar-refractivity contribution is 0.272. The third-order valence-electron chi connectivity index (χ3n) is 2.39. The number of sulfone groups is 1. The van der Waals surface area contributed by atoms with Crippen LogP contribution in [0.4, 0.5) is 0 Å². The van der Waals surface area contributed by atoms with Gasteiger partial charge in [0.15, 0.2) is 0 Å². The molecule has 0 aromatic heterocycles. The first-order valence-electron chi connectivity index (χ1n) is 4.96. The standard InChI is InChI=1S/C10H23NO2S/c1-8(7-14(6,12)13)11-9(2)10(3,4)5/h8-9,11H,7H2,1-6H3. The summed E-state index contributed by atoms with van der Waals surface area (Å²) in [7, 11) is -2.88. The molecule has 0 aromatic rings. The highest BCUT2D eigenvalue weighted by Crippen LogP contribution is 2.18. The Bertz CT molecular complexity index is 264. The Labute approximate surface area is 88.2 Å². The van der Waals surface area contributed by atoms with E-state index in [4.69, 9.17) is 0 Å². The largest absolute Gasteiger partial charge is 0.310 e. The van der Waals surface area contributed by atoms with Crippen molar-refractivity contribution in [3.8, 4) is 0 Å². The second-order valence-electron chi connectivity index (χ2n) is 5.25. The molecular weight excluding hydrogens is 198 g/mol. The second kappa shape index (κ2) is 4.62. The average Bonchev–Trinajstić information content (AvgIpc) is 1.79. The summed E-state index contributed by atoms with van der Waals surface area (Å²) < 4.78 is 22.1. The van der Waals surface area contributed by atoms with Gasteiger partial charge in [0, 0.05) is 18.3 Å². The monoisotopic (exact) mass is 221 g/mol. The first-order chi connectivity index (χ1) is 6.02. The lowest BCUT2D eigenvalue weighted by Crippen LogP contribution is -2.45. The summed E-state index contributed by atoms with van der Waals surface area (Å²) in [6.45, 7) is 10.4. The van der Waals surface area contributed by atoms with Gasteiger partial charge in [-0.1, -0.05) is 20.8 Å². The van der Waals surface area contributed by atoms with Gasteiger partial charge in [0.25, 0.3) is 0 Å². The van der Waals surface area contributed by atoms with Gasteiger partial charge in [-0.05, 0) is 19.3 Å². The summed E-state index contributed by atoms with van der Waals surface area (Å²) >= 11 is 0. The van der Waals surface area contributed by atoms with Crippen LogP contribution < -0.4 is 5.32 Å². The molecule has 0 saturated carbocycles. The van der Waals surface area contributed by atoms with Gasteiger partial charge in [-0.3, -0.25) is 0 Å². The number of hydrogen-bond donors (Lipinski definition) is 1. The molecule has 0 aliphatic carbocycles. The van der Waals surface area contributed by atoms with Gasteiger partial charge in [-0.2, -0.15) is 0 Å². The summed E-state index contributed by atoms with van der Waals surface area (Å²) in [5.74, 6) is 0.202. The molecule has 0 rings (SSSR count). The fraction of sp³-hybridized carbons (Fsp3) is 1.00. The zero-order valence-electron chi connectivity index (χ0n) is 10.1. The van der Waals surface area contributed by atoms with E-state index in [9.17, 15) is 8.42 Å². The first kappa shape index (κ1) is 13.9. The molecule has 0 radical (unpaired) electrons. The second-order valence-corrected chi connectivity index (χ2v) is 7.43. The van der Waals surface area contributed by atoms with Crippen molar-refractivity contribution in [1.29, 1.82) is 0 Å². The topological polar surface area (TPSA) is 46.2 Å². The van der Waals surface area contributed by atoms with E-state index < -0.39 is 9.84 Å². The summed E-state index contributed by atoms with van der Waals surface area (Å²) in [5.41, 5.74) is 0.158. The van der Waals surface area contributed by atoms with Crippen LogP contribution in [-0.2, 0) is 9.84 Å². The SMILES string of the molecule is CC(CS(C)(=O)=O)NC(C)C(C)(C)C. The van der Waals surface area contributed by atoms with Crippen molar-refractivity contribution in [2.24, 2.45) is 5.41 Å². The van der Waals surface area contributed by atoms with Gasteiger partial charge >= 0.3 is 0 Å². The van der Waals surface area contributed by atoms with E-state index in [1.54, 1.807) is 0 Å². The number of nitrogens with one attached hydrogen (secondary N) is 1. The highest BCUT2D eigenvalue weighted by atomic mass is 32.2. The molecule has 2 atom stereocenters. The maximum Gasteiger partial charge on any atom is 0.148 e. The number of rotatable bonds is 4. The molecule has 4 heteroatoms. The Kier molecular flexibility index (Phi) is 4.59. The molecule has 0 saturated heterocycles. The molecule has 0 aliphatic rings. The molecule has 0 fully saturated rings. The van der Waals surface area contributed by atoms with Crippen molar-refractivity contribution >= 4 is 9.84 Å². The van der Waals surface area contributed by atoms with Crippen LogP contribution in [0.1, 0.15) is 34.6 Å². The van der Waals surface area contributed by atoms with Crippen LogP contribution in [0.25, 0.3) is 0 Å². The Morgan fingerprint density at radius 2 is 1.64 bits per heavy atom.